The maximum Gasteiger partial charge on any atom is 0.487 e. The van der Waals surface area contributed by atoms with Gasteiger partial charge >= 0.3 is 7.12 Å². The van der Waals surface area contributed by atoms with Gasteiger partial charge in [-0.25, -0.2) is 0 Å². The summed E-state index contributed by atoms with van der Waals surface area (Å²) in [6.45, 7) is 10.1. The van der Waals surface area contributed by atoms with Gasteiger partial charge in [0, 0.05) is 12.2 Å². The molecule has 108 valence electrons. The molecule has 0 saturated carbocycles. The highest BCUT2D eigenvalue weighted by molar-refractivity contribution is 6.52. The Morgan fingerprint density at radius 1 is 1.25 bits per heavy atom. The summed E-state index contributed by atoms with van der Waals surface area (Å²) < 4.78 is 11.8. The molecular weight excluding hydrogens is 251 g/mol. The van der Waals surface area contributed by atoms with Gasteiger partial charge < -0.3 is 15.0 Å². The van der Waals surface area contributed by atoms with Crippen LogP contribution < -0.4 is 5.73 Å². The summed E-state index contributed by atoms with van der Waals surface area (Å²) in [6.07, 6.45) is 3.68. The van der Waals surface area contributed by atoms with Crippen molar-refractivity contribution in [3.8, 4) is 0 Å². The quantitative estimate of drug-likeness (QED) is 0.861. The van der Waals surface area contributed by atoms with E-state index in [2.05, 4.69) is 4.98 Å². The van der Waals surface area contributed by atoms with E-state index in [4.69, 9.17) is 15.0 Å². The van der Waals surface area contributed by atoms with E-state index in [0.29, 0.717) is 0 Å². The van der Waals surface area contributed by atoms with Gasteiger partial charge in [-0.3, -0.25) is 4.98 Å². The Labute approximate surface area is 121 Å². The minimum atomic E-state index is -0.347. The zero-order valence-electron chi connectivity index (χ0n) is 12.9. The van der Waals surface area contributed by atoms with Crippen LogP contribution in [0.25, 0.3) is 6.08 Å². The van der Waals surface area contributed by atoms with Crippen molar-refractivity contribution in [3.05, 3.63) is 35.6 Å². The Kier molecular flexibility index (Phi) is 4.05. The van der Waals surface area contributed by atoms with Gasteiger partial charge in [0.2, 0.25) is 0 Å². The van der Waals surface area contributed by atoms with Gasteiger partial charge in [0.15, 0.2) is 0 Å². The number of hydrogen-bond donors (Lipinski definition) is 1. The Bertz CT molecular complexity index is 496. The van der Waals surface area contributed by atoms with Crippen molar-refractivity contribution in [2.75, 3.05) is 0 Å². The molecule has 1 aliphatic rings. The van der Waals surface area contributed by atoms with Crippen molar-refractivity contribution in [1.29, 1.82) is 0 Å². The van der Waals surface area contributed by atoms with Gasteiger partial charge in [0.05, 0.1) is 16.9 Å². The molecule has 4 nitrogen and oxygen atoms in total. The minimum Gasteiger partial charge on any atom is -0.400 e. The fraction of sp³-hybridized carbons (Fsp3) is 0.533. The second-order valence-corrected chi connectivity index (χ2v) is 6.29. The Morgan fingerprint density at radius 2 is 1.85 bits per heavy atom. The first kappa shape index (κ1) is 15.2. The summed E-state index contributed by atoms with van der Waals surface area (Å²) in [4.78, 5) is 4.30. The molecule has 1 aromatic heterocycles. The molecule has 0 aromatic carbocycles. The van der Waals surface area contributed by atoms with E-state index in [1.165, 1.54) is 0 Å². The molecular formula is C15H23BN2O2. The smallest absolute Gasteiger partial charge is 0.400 e. The van der Waals surface area contributed by atoms with Gasteiger partial charge in [-0.15, -0.1) is 0 Å². The third-order valence-corrected chi connectivity index (χ3v) is 4.03. The number of nitrogens with two attached hydrogens (primary N) is 1. The van der Waals surface area contributed by atoms with Crippen molar-refractivity contribution in [2.24, 2.45) is 5.73 Å². The van der Waals surface area contributed by atoms with E-state index in [1.807, 2.05) is 58.8 Å². The molecule has 1 aliphatic heterocycles. The van der Waals surface area contributed by atoms with Crippen molar-refractivity contribution >= 4 is 13.2 Å². The highest BCUT2D eigenvalue weighted by atomic mass is 16.7. The Balaban J connectivity index is 2.10. The second-order valence-electron chi connectivity index (χ2n) is 6.29. The van der Waals surface area contributed by atoms with Crippen LogP contribution in [-0.2, 0) is 9.31 Å². The molecule has 0 spiro atoms. The van der Waals surface area contributed by atoms with Gasteiger partial charge in [0.25, 0.3) is 0 Å². The molecule has 20 heavy (non-hydrogen) atoms. The van der Waals surface area contributed by atoms with E-state index in [9.17, 15) is 0 Å². The maximum atomic E-state index is 5.90. The predicted octanol–water partition coefficient (Wildman–Crippen LogP) is 2.75. The molecule has 1 aromatic rings. The van der Waals surface area contributed by atoms with Crippen LogP contribution in [0.15, 0.2) is 24.3 Å². The first-order valence-corrected chi connectivity index (χ1v) is 6.97. The first-order valence-electron chi connectivity index (χ1n) is 6.97. The molecule has 1 fully saturated rings. The molecule has 0 aliphatic carbocycles. The SMILES string of the molecule is C[C@H](N)c1ccnc(/C=C/B2OC(C)(C)C(C)(C)O2)c1. The van der Waals surface area contributed by atoms with E-state index >= 15 is 0 Å². The van der Waals surface area contributed by atoms with Gasteiger partial charge in [-0.1, -0.05) is 5.98 Å². The van der Waals surface area contributed by atoms with E-state index in [-0.39, 0.29) is 24.4 Å². The molecule has 0 bridgehead atoms. The van der Waals surface area contributed by atoms with E-state index in [0.717, 1.165) is 11.3 Å². The molecule has 2 rings (SSSR count). The van der Waals surface area contributed by atoms with Crippen molar-refractivity contribution in [1.82, 2.24) is 4.98 Å². The zero-order chi connectivity index (χ0) is 15.0. The van der Waals surface area contributed by atoms with Crippen LogP contribution in [0.2, 0.25) is 0 Å². The molecule has 2 N–H and O–H groups in total. The van der Waals surface area contributed by atoms with Gasteiger partial charge in [-0.05, 0) is 58.4 Å². The monoisotopic (exact) mass is 274 g/mol. The average Bonchev–Trinajstić information content (AvgIpc) is 2.56. The van der Waals surface area contributed by atoms with Crippen LogP contribution >= 0.6 is 0 Å². The zero-order valence-corrected chi connectivity index (χ0v) is 12.9. The molecule has 1 atom stereocenters. The average molecular weight is 274 g/mol. The lowest BCUT2D eigenvalue weighted by Gasteiger charge is -2.32. The summed E-state index contributed by atoms with van der Waals surface area (Å²) in [5.74, 6) is 1.89. The fourth-order valence-electron chi connectivity index (χ4n) is 1.98. The highest BCUT2D eigenvalue weighted by Crippen LogP contribution is 2.36. The fourth-order valence-corrected chi connectivity index (χ4v) is 1.98. The van der Waals surface area contributed by atoms with Crippen LogP contribution in [-0.4, -0.2) is 23.3 Å². The molecule has 0 unspecified atom stereocenters. The molecule has 0 radical (unpaired) electrons. The standard InChI is InChI=1S/C15H23BN2O2/c1-11(17)12-7-9-18-13(10-12)6-8-16-19-14(2,3)15(4,5)20-16/h6-11H,17H2,1-5H3/b8-6+/t11-/m0/s1. The predicted molar refractivity (Wildman–Crippen MR) is 82.0 cm³/mol. The van der Waals surface area contributed by atoms with Crippen LogP contribution in [0.5, 0.6) is 0 Å². The van der Waals surface area contributed by atoms with Crippen LogP contribution in [0, 0.1) is 0 Å². The molecule has 2 heterocycles. The van der Waals surface area contributed by atoms with Gasteiger partial charge in [0.1, 0.15) is 0 Å². The Morgan fingerprint density at radius 3 is 2.40 bits per heavy atom. The number of aromatic nitrogens is 1. The third-order valence-electron chi connectivity index (χ3n) is 4.03. The normalized spacial score (nSPS) is 22.4. The van der Waals surface area contributed by atoms with Crippen molar-refractivity contribution in [3.63, 3.8) is 0 Å². The highest BCUT2D eigenvalue weighted by Gasteiger charge is 2.49. The Hall–Kier alpha value is -1.17. The topological polar surface area (TPSA) is 57.4 Å². The number of pyridine rings is 1. The first-order chi connectivity index (χ1) is 9.21. The van der Waals surface area contributed by atoms with Crippen LogP contribution in [0.1, 0.15) is 51.9 Å². The number of nitrogens with zero attached hydrogens (tertiary/aromatic N) is 1. The summed E-state index contributed by atoms with van der Waals surface area (Å²) in [6, 6.07) is 3.91. The summed E-state index contributed by atoms with van der Waals surface area (Å²) >= 11 is 0. The lowest BCUT2D eigenvalue weighted by molar-refractivity contribution is 0.00578. The summed E-state index contributed by atoms with van der Waals surface area (Å²) in [5.41, 5.74) is 7.16. The van der Waals surface area contributed by atoms with Crippen molar-refractivity contribution in [2.45, 2.75) is 51.9 Å². The van der Waals surface area contributed by atoms with Crippen LogP contribution in [0.4, 0.5) is 0 Å². The minimum absolute atomic E-state index is 0.00185. The lowest BCUT2D eigenvalue weighted by Crippen LogP contribution is -2.41. The third kappa shape index (κ3) is 3.11. The van der Waals surface area contributed by atoms with Crippen LogP contribution in [0.3, 0.4) is 0 Å². The molecule has 0 amide bonds. The molecule has 1 saturated heterocycles. The van der Waals surface area contributed by atoms with Gasteiger partial charge in [-0.2, -0.15) is 0 Å². The molecule has 5 heteroatoms. The maximum absolute atomic E-state index is 5.90. The number of rotatable bonds is 3. The van der Waals surface area contributed by atoms with E-state index < -0.39 is 0 Å². The number of hydrogen-bond acceptors (Lipinski definition) is 4. The lowest BCUT2D eigenvalue weighted by atomic mass is 9.89. The summed E-state index contributed by atoms with van der Waals surface area (Å²) in [5, 5.41) is 0. The van der Waals surface area contributed by atoms with E-state index in [1.54, 1.807) is 6.20 Å². The second kappa shape index (κ2) is 5.32. The summed E-state index contributed by atoms with van der Waals surface area (Å²) in [7, 11) is -0.347. The van der Waals surface area contributed by atoms with Crippen molar-refractivity contribution < 1.29 is 9.31 Å². The largest absolute Gasteiger partial charge is 0.487 e.